The lowest BCUT2D eigenvalue weighted by Gasteiger charge is -2.45. The first kappa shape index (κ1) is 17.4. The van der Waals surface area contributed by atoms with Gasteiger partial charge in [-0.2, -0.15) is 0 Å². The maximum absolute atomic E-state index is 12.5. The lowest BCUT2D eigenvalue weighted by Crippen LogP contribution is -2.69. The normalized spacial score (nSPS) is 32.8. The molecule has 3 fully saturated rings. The second-order valence-electron chi connectivity index (χ2n) is 7.55. The van der Waals surface area contributed by atoms with Crippen molar-refractivity contribution in [1.82, 2.24) is 14.5 Å². The predicted molar refractivity (Wildman–Crippen MR) is 83.5 cm³/mol. The summed E-state index contributed by atoms with van der Waals surface area (Å²) in [6.45, 7) is 2.32. The Morgan fingerprint density at radius 2 is 1.96 bits per heavy atom. The fraction of sp³-hybridized carbons (Fsp3) is 0.857. The van der Waals surface area contributed by atoms with Gasteiger partial charge in [-0.25, -0.2) is 17.5 Å². The number of nitrogens with zero attached hydrogens (tertiary/aromatic N) is 3. The van der Waals surface area contributed by atoms with Crippen molar-refractivity contribution >= 4 is 22.2 Å². The third kappa shape index (κ3) is 3.09. The number of likely N-dealkylation sites (tertiary alicyclic amines) is 2. The Kier molecular flexibility index (Phi) is 4.25. The molecule has 3 amide bonds. The van der Waals surface area contributed by atoms with Crippen molar-refractivity contribution in [2.75, 3.05) is 33.7 Å². The van der Waals surface area contributed by atoms with Crippen LogP contribution in [-0.4, -0.2) is 90.5 Å². The molecule has 0 radical (unpaired) electrons. The van der Waals surface area contributed by atoms with E-state index in [-0.39, 0.29) is 18.6 Å². The molecular formula is C14H24N4O5S. The highest BCUT2D eigenvalue weighted by molar-refractivity contribution is 7.84. The molecule has 3 saturated heterocycles. The standard InChI is InChI=1S/C14H24N4O5S/c1-18(2)8-3-4-10(6-9-18)15-14(20)16-7-5-11-12(16)13(19)17(11)24(21,22)23/h10-12H,3-9H2,1-2H3,(H-,15,20,21,22,23)/t10-,11+,12-/m0/s1. The number of fused-ring (bicyclic) bond motifs is 1. The lowest BCUT2D eigenvalue weighted by atomic mass is 10.0. The summed E-state index contributed by atoms with van der Waals surface area (Å²) >= 11 is 0. The van der Waals surface area contributed by atoms with Crippen molar-refractivity contribution in [3.8, 4) is 0 Å². The molecule has 3 rings (SSSR count). The number of hydrogen-bond donors (Lipinski definition) is 1. The monoisotopic (exact) mass is 360 g/mol. The van der Waals surface area contributed by atoms with Crippen LogP contribution in [0.2, 0.25) is 0 Å². The zero-order chi connectivity index (χ0) is 17.7. The molecule has 0 aromatic rings. The fourth-order valence-corrected chi connectivity index (χ4v) is 4.84. The number of urea groups is 1. The minimum Gasteiger partial charge on any atom is -0.731 e. The van der Waals surface area contributed by atoms with Crippen LogP contribution < -0.4 is 5.32 Å². The predicted octanol–water partition coefficient (Wildman–Crippen LogP) is -0.930. The van der Waals surface area contributed by atoms with Gasteiger partial charge in [0.05, 0.1) is 33.2 Å². The van der Waals surface area contributed by atoms with Gasteiger partial charge in [0.1, 0.15) is 6.04 Å². The summed E-state index contributed by atoms with van der Waals surface area (Å²) in [6.07, 6.45) is 3.10. The fourth-order valence-electron chi connectivity index (χ4n) is 3.96. The zero-order valence-corrected chi connectivity index (χ0v) is 14.8. The molecule has 0 aromatic carbocycles. The Hall–Kier alpha value is -1.39. The van der Waals surface area contributed by atoms with Gasteiger partial charge in [0.2, 0.25) is 0 Å². The lowest BCUT2D eigenvalue weighted by molar-refractivity contribution is -0.889. The molecule has 0 bridgehead atoms. The van der Waals surface area contributed by atoms with Crippen LogP contribution in [0.5, 0.6) is 0 Å². The Balaban J connectivity index is 1.60. The van der Waals surface area contributed by atoms with E-state index in [1.807, 2.05) is 0 Å². The molecule has 0 aliphatic carbocycles. The molecule has 3 heterocycles. The third-order valence-corrected chi connectivity index (χ3v) is 6.30. The molecule has 3 aliphatic heterocycles. The average molecular weight is 360 g/mol. The first-order valence-electron chi connectivity index (χ1n) is 8.28. The summed E-state index contributed by atoms with van der Waals surface area (Å²) < 4.78 is 34.6. The summed E-state index contributed by atoms with van der Waals surface area (Å²) in [5, 5.41) is 2.98. The van der Waals surface area contributed by atoms with Gasteiger partial charge in [0, 0.05) is 19.0 Å². The van der Waals surface area contributed by atoms with E-state index in [0.29, 0.717) is 10.7 Å². The van der Waals surface area contributed by atoms with Gasteiger partial charge in [-0.1, -0.05) is 0 Å². The van der Waals surface area contributed by atoms with Gasteiger partial charge in [-0.15, -0.1) is 0 Å². The Labute approximate surface area is 142 Å². The topological polar surface area (TPSA) is 110 Å². The highest BCUT2D eigenvalue weighted by atomic mass is 32.2. The van der Waals surface area contributed by atoms with Crippen molar-refractivity contribution in [3.05, 3.63) is 0 Å². The number of nitrogens with one attached hydrogen (secondary N) is 1. The Bertz CT molecular complexity index is 650. The van der Waals surface area contributed by atoms with Crippen LogP contribution in [0.4, 0.5) is 4.79 Å². The molecule has 0 unspecified atom stereocenters. The van der Waals surface area contributed by atoms with Crippen LogP contribution in [0.1, 0.15) is 25.7 Å². The maximum Gasteiger partial charge on any atom is 0.318 e. The smallest absolute Gasteiger partial charge is 0.318 e. The molecule has 10 heteroatoms. The minimum absolute atomic E-state index is 0.0611. The van der Waals surface area contributed by atoms with Crippen LogP contribution >= 0.6 is 0 Å². The van der Waals surface area contributed by atoms with Crippen molar-refractivity contribution < 1.29 is 27.0 Å². The SMILES string of the molecule is C[N+]1(C)CCC[C@H](NC(=O)N2CC[C@@H]3[C@H]2C(=O)N3S(=O)(=O)[O-])CC1. The van der Waals surface area contributed by atoms with E-state index in [1.54, 1.807) is 0 Å². The van der Waals surface area contributed by atoms with Crippen molar-refractivity contribution in [2.24, 2.45) is 0 Å². The molecule has 136 valence electrons. The van der Waals surface area contributed by atoms with Crippen LogP contribution in [0.25, 0.3) is 0 Å². The summed E-state index contributed by atoms with van der Waals surface area (Å²) in [5.41, 5.74) is 0. The van der Waals surface area contributed by atoms with E-state index in [0.717, 1.165) is 36.8 Å². The highest BCUT2D eigenvalue weighted by Gasteiger charge is 2.58. The van der Waals surface area contributed by atoms with E-state index in [1.165, 1.54) is 4.90 Å². The molecular weight excluding hydrogens is 336 g/mol. The number of carbonyl (C=O) groups excluding carboxylic acids is 2. The summed E-state index contributed by atoms with van der Waals surface area (Å²) in [4.78, 5) is 25.8. The van der Waals surface area contributed by atoms with Crippen LogP contribution in [0.15, 0.2) is 0 Å². The molecule has 3 aliphatic rings. The quantitative estimate of drug-likeness (QED) is 0.389. The van der Waals surface area contributed by atoms with Crippen molar-refractivity contribution in [3.63, 3.8) is 0 Å². The van der Waals surface area contributed by atoms with Gasteiger partial charge in [0.25, 0.3) is 5.91 Å². The van der Waals surface area contributed by atoms with Crippen LogP contribution in [-0.2, 0) is 15.1 Å². The first-order valence-corrected chi connectivity index (χ1v) is 9.65. The zero-order valence-electron chi connectivity index (χ0n) is 14.0. The van der Waals surface area contributed by atoms with Gasteiger partial charge >= 0.3 is 6.03 Å². The summed E-state index contributed by atoms with van der Waals surface area (Å²) in [5.74, 6) is -0.790. The maximum atomic E-state index is 12.5. The van der Waals surface area contributed by atoms with Crippen LogP contribution in [0.3, 0.4) is 0 Å². The second-order valence-corrected chi connectivity index (χ2v) is 8.80. The van der Waals surface area contributed by atoms with Crippen LogP contribution in [0, 0.1) is 0 Å². The molecule has 0 spiro atoms. The summed E-state index contributed by atoms with van der Waals surface area (Å²) in [6, 6.07) is -1.79. The van der Waals surface area contributed by atoms with Crippen molar-refractivity contribution in [2.45, 2.75) is 43.8 Å². The average Bonchev–Trinajstić information content (AvgIpc) is 2.72. The second kappa shape index (κ2) is 5.85. The van der Waals surface area contributed by atoms with E-state index in [9.17, 15) is 22.6 Å². The number of hydrogen-bond acceptors (Lipinski definition) is 5. The summed E-state index contributed by atoms with van der Waals surface area (Å²) in [7, 11) is -0.456. The number of quaternary nitrogens is 1. The number of carbonyl (C=O) groups is 2. The van der Waals surface area contributed by atoms with E-state index in [4.69, 9.17) is 0 Å². The van der Waals surface area contributed by atoms with Gasteiger partial charge in [-0.05, 0) is 19.3 Å². The molecule has 0 saturated carbocycles. The largest absolute Gasteiger partial charge is 0.731 e. The molecule has 0 aromatic heterocycles. The first-order chi connectivity index (χ1) is 11.1. The highest BCUT2D eigenvalue weighted by Crippen LogP contribution is 2.35. The Morgan fingerprint density at radius 3 is 2.62 bits per heavy atom. The molecule has 24 heavy (non-hydrogen) atoms. The third-order valence-electron chi connectivity index (χ3n) is 5.37. The van der Waals surface area contributed by atoms with Gasteiger partial charge < -0.3 is 19.3 Å². The number of amides is 3. The van der Waals surface area contributed by atoms with E-state index >= 15 is 0 Å². The van der Waals surface area contributed by atoms with E-state index in [2.05, 4.69) is 19.4 Å². The number of rotatable bonds is 2. The molecule has 1 N–H and O–H groups in total. The van der Waals surface area contributed by atoms with E-state index < -0.39 is 28.3 Å². The van der Waals surface area contributed by atoms with Gasteiger partial charge in [-0.3, -0.25) is 4.79 Å². The molecule has 9 nitrogen and oxygen atoms in total. The molecule has 3 atom stereocenters. The minimum atomic E-state index is -4.79. The Morgan fingerprint density at radius 1 is 1.25 bits per heavy atom. The van der Waals surface area contributed by atoms with Crippen molar-refractivity contribution in [1.29, 1.82) is 0 Å². The number of β-lactam (4-membered cyclic amide) rings is 1. The van der Waals surface area contributed by atoms with Gasteiger partial charge in [0.15, 0.2) is 10.3 Å².